The number of hydrogen-bond acceptors (Lipinski definition) is 5. The highest BCUT2D eigenvalue weighted by Crippen LogP contribution is 2.26. The molecular weight excluding hydrogens is 413 g/mol. The molecule has 1 aromatic carbocycles. The first-order chi connectivity index (χ1) is 14.9. The predicted molar refractivity (Wildman–Crippen MR) is 106 cm³/mol. The van der Waals surface area contributed by atoms with Crippen molar-refractivity contribution in [3.63, 3.8) is 0 Å². The lowest BCUT2D eigenvalue weighted by atomic mass is 10.1. The number of pyridine rings is 2. The maximum Gasteiger partial charge on any atom is 0.573 e. The van der Waals surface area contributed by atoms with Crippen LogP contribution < -0.4 is 15.2 Å². The normalized spacial score (nSPS) is 11.6. The zero-order valence-corrected chi connectivity index (χ0v) is 16.1. The molecule has 0 saturated carbocycles. The second-order valence-electron chi connectivity index (χ2n) is 6.59. The number of aromatic nitrogens is 4. The molecule has 0 aliphatic rings. The SMILES string of the molecule is O=c1n(CCCOc2ccccn2)nc2ccc(-c3ccc(OC(F)(F)F)cc3)cn12. The number of ether oxygens (including phenoxy) is 2. The standard InChI is InChI=1S/C21H17F3N4O3/c22-21(23,24)31-17-8-5-15(6-9-17)16-7-10-18-26-28(20(29)27(18)14-16)12-3-13-30-19-4-1-2-11-25-19/h1-2,4-11,14H,3,12-13H2. The van der Waals surface area contributed by atoms with Crippen LogP contribution in [-0.2, 0) is 6.54 Å². The fourth-order valence-corrected chi connectivity index (χ4v) is 3.01. The summed E-state index contributed by atoms with van der Waals surface area (Å²) in [6, 6.07) is 14.2. The number of halogens is 3. The number of nitrogens with zero attached hydrogens (tertiary/aromatic N) is 4. The molecule has 3 aromatic heterocycles. The molecule has 0 amide bonds. The van der Waals surface area contributed by atoms with E-state index in [2.05, 4.69) is 14.8 Å². The van der Waals surface area contributed by atoms with Crippen LogP contribution in [0.25, 0.3) is 16.8 Å². The summed E-state index contributed by atoms with van der Waals surface area (Å²) >= 11 is 0. The van der Waals surface area contributed by atoms with Gasteiger partial charge in [0.2, 0.25) is 5.88 Å². The van der Waals surface area contributed by atoms with Gasteiger partial charge in [0.25, 0.3) is 0 Å². The Balaban J connectivity index is 1.45. The van der Waals surface area contributed by atoms with Crippen molar-refractivity contribution >= 4 is 5.65 Å². The summed E-state index contributed by atoms with van der Waals surface area (Å²) in [5.74, 6) is 0.205. The number of rotatable bonds is 7. The van der Waals surface area contributed by atoms with Crippen molar-refractivity contribution in [2.75, 3.05) is 6.61 Å². The highest BCUT2D eigenvalue weighted by molar-refractivity contribution is 5.65. The van der Waals surface area contributed by atoms with Gasteiger partial charge >= 0.3 is 12.1 Å². The molecule has 7 nitrogen and oxygen atoms in total. The van der Waals surface area contributed by atoms with Crippen LogP contribution >= 0.6 is 0 Å². The van der Waals surface area contributed by atoms with Crippen LogP contribution in [0.5, 0.6) is 11.6 Å². The molecule has 0 atom stereocenters. The quantitative estimate of drug-likeness (QED) is 0.416. The smallest absolute Gasteiger partial charge is 0.478 e. The lowest BCUT2D eigenvalue weighted by Gasteiger charge is -2.09. The molecule has 0 aliphatic heterocycles. The van der Waals surface area contributed by atoms with Gasteiger partial charge in [-0.2, -0.15) is 0 Å². The van der Waals surface area contributed by atoms with Crippen LogP contribution in [-0.4, -0.2) is 32.1 Å². The molecule has 4 aromatic rings. The molecule has 31 heavy (non-hydrogen) atoms. The van der Waals surface area contributed by atoms with Crippen molar-refractivity contribution in [1.82, 2.24) is 19.2 Å². The summed E-state index contributed by atoms with van der Waals surface area (Å²) in [5.41, 5.74) is 1.45. The Morgan fingerprint density at radius 2 is 1.74 bits per heavy atom. The monoisotopic (exact) mass is 430 g/mol. The fraction of sp³-hybridized carbons (Fsp3) is 0.190. The van der Waals surface area contributed by atoms with Crippen molar-refractivity contribution in [1.29, 1.82) is 0 Å². The summed E-state index contributed by atoms with van der Waals surface area (Å²) in [4.78, 5) is 16.7. The third-order valence-corrected chi connectivity index (χ3v) is 4.40. The number of alkyl halides is 3. The number of hydrogen-bond donors (Lipinski definition) is 0. The van der Waals surface area contributed by atoms with Crippen molar-refractivity contribution in [2.24, 2.45) is 0 Å². The lowest BCUT2D eigenvalue weighted by molar-refractivity contribution is -0.274. The van der Waals surface area contributed by atoms with Crippen LogP contribution in [0.2, 0.25) is 0 Å². The fourth-order valence-electron chi connectivity index (χ4n) is 3.01. The number of aryl methyl sites for hydroxylation is 1. The third-order valence-electron chi connectivity index (χ3n) is 4.40. The number of fused-ring (bicyclic) bond motifs is 1. The molecule has 0 spiro atoms. The van der Waals surface area contributed by atoms with Gasteiger partial charge in [-0.25, -0.2) is 18.9 Å². The van der Waals surface area contributed by atoms with Gasteiger partial charge in [0.15, 0.2) is 5.65 Å². The second kappa shape index (κ2) is 8.50. The summed E-state index contributed by atoms with van der Waals surface area (Å²) in [6.07, 6.45) is -0.944. The van der Waals surface area contributed by atoms with Crippen molar-refractivity contribution < 1.29 is 22.6 Å². The number of benzene rings is 1. The molecule has 4 rings (SSSR count). The average Bonchev–Trinajstić information content (AvgIpc) is 3.06. The van der Waals surface area contributed by atoms with Crippen molar-refractivity contribution in [2.45, 2.75) is 19.3 Å². The Hall–Kier alpha value is -3.82. The van der Waals surface area contributed by atoms with Crippen LogP contribution in [0.1, 0.15) is 6.42 Å². The van der Waals surface area contributed by atoms with Crippen LogP contribution in [0, 0.1) is 0 Å². The van der Waals surface area contributed by atoms with E-state index >= 15 is 0 Å². The molecule has 0 unspecified atom stereocenters. The van der Waals surface area contributed by atoms with E-state index in [-0.39, 0.29) is 11.4 Å². The van der Waals surface area contributed by atoms with Gasteiger partial charge in [0.05, 0.1) is 6.61 Å². The predicted octanol–water partition coefficient (Wildman–Crippen LogP) is 3.93. The van der Waals surface area contributed by atoms with E-state index in [0.717, 1.165) is 0 Å². The molecule has 10 heteroatoms. The van der Waals surface area contributed by atoms with E-state index in [4.69, 9.17) is 4.74 Å². The Morgan fingerprint density at radius 1 is 0.968 bits per heavy atom. The zero-order valence-electron chi connectivity index (χ0n) is 16.1. The molecule has 0 bridgehead atoms. The van der Waals surface area contributed by atoms with Gasteiger partial charge in [-0.05, 0) is 41.5 Å². The maximum absolute atomic E-state index is 12.7. The lowest BCUT2D eigenvalue weighted by Crippen LogP contribution is -2.22. The minimum atomic E-state index is -4.75. The highest BCUT2D eigenvalue weighted by Gasteiger charge is 2.30. The van der Waals surface area contributed by atoms with Gasteiger partial charge in [-0.3, -0.25) is 0 Å². The molecule has 0 aliphatic carbocycles. The van der Waals surface area contributed by atoms with E-state index < -0.39 is 6.36 Å². The zero-order chi connectivity index (χ0) is 21.8. The minimum Gasteiger partial charge on any atom is -0.478 e. The average molecular weight is 430 g/mol. The van der Waals surface area contributed by atoms with Gasteiger partial charge < -0.3 is 9.47 Å². The second-order valence-corrected chi connectivity index (χ2v) is 6.59. The molecule has 0 fully saturated rings. The molecule has 0 saturated heterocycles. The van der Waals surface area contributed by atoms with Gasteiger partial charge in [0, 0.05) is 31.4 Å². The van der Waals surface area contributed by atoms with Gasteiger partial charge in [-0.15, -0.1) is 18.3 Å². The van der Waals surface area contributed by atoms with Crippen LogP contribution in [0.3, 0.4) is 0 Å². The summed E-state index contributed by atoms with van der Waals surface area (Å²) < 4.78 is 49.1. The molecule has 160 valence electrons. The topological polar surface area (TPSA) is 70.7 Å². The highest BCUT2D eigenvalue weighted by atomic mass is 19.4. The summed E-state index contributed by atoms with van der Waals surface area (Å²) in [5, 5.41) is 4.30. The van der Waals surface area contributed by atoms with Crippen molar-refractivity contribution in [3.05, 3.63) is 77.5 Å². The molecule has 0 N–H and O–H groups in total. The van der Waals surface area contributed by atoms with E-state index in [1.807, 2.05) is 6.07 Å². The third kappa shape index (κ3) is 5.03. The Morgan fingerprint density at radius 3 is 2.45 bits per heavy atom. The Labute approximate surface area is 174 Å². The Kier molecular flexibility index (Phi) is 5.61. The van der Waals surface area contributed by atoms with E-state index in [1.165, 1.54) is 33.3 Å². The molecule has 3 heterocycles. The van der Waals surface area contributed by atoms with Crippen LogP contribution in [0.4, 0.5) is 13.2 Å². The summed E-state index contributed by atoms with van der Waals surface area (Å²) in [6.45, 7) is 0.751. The first-order valence-corrected chi connectivity index (χ1v) is 9.38. The first kappa shape index (κ1) is 20.5. The largest absolute Gasteiger partial charge is 0.573 e. The van der Waals surface area contributed by atoms with E-state index in [9.17, 15) is 18.0 Å². The van der Waals surface area contributed by atoms with Gasteiger partial charge in [0.1, 0.15) is 5.75 Å². The molecule has 0 radical (unpaired) electrons. The maximum atomic E-state index is 12.7. The Bertz CT molecular complexity index is 1220. The summed E-state index contributed by atoms with van der Waals surface area (Å²) in [7, 11) is 0. The van der Waals surface area contributed by atoms with E-state index in [0.29, 0.717) is 42.2 Å². The van der Waals surface area contributed by atoms with Gasteiger partial charge in [-0.1, -0.05) is 18.2 Å². The first-order valence-electron chi connectivity index (χ1n) is 9.38. The van der Waals surface area contributed by atoms with E-state index in [1.54, 1.807) is 36.7 Å². The minimum absolute atomic E-state index is 0.310. The van der Waals surface area contributed by atoms with Crippen molar-refractivity contribution in [3.8, 4) is 22.8 Å². The van der Waals surface area contributed by atoms with Crippen LogP contribution in [0.15, 0.2) is 71.8 Å². The molecular formula is C21H17F3N4O3.